The second-order valence-corrected chi connectivity index (χ2v) is 7.85. The maximum atomic E-state index is 14.9. The number of halogens is 4. The van der Waals surface area contributed by atoms with Crippen molar-refractivity contribution in [3.8, 4) is 0 Å². The number of alkyl halides is 4. The Balaban J connectivity index is 2.06. The molecule has 152 valence electrons. The molecule has 2 fully saturated rings. The number of phosphoric ester groups is 1. The van der Waals surface area contributed by atoms with Crippen LogP contribution in [0, 0.1) is 0 Å². The fraction of sp³-hybridized carbons (Fsp3) is 0.692. The molecule has 3 rings (SSSR count). The van der Waals surface area contributed by atoms with Crippen LogP contribution >= 0.6 is 7.82 Å². The Kier molecular flexibility index (Phi) is 4.88. The summed E-state index contributed by atoms with van der Waals surface area (Å²) in [5.41, 5.74) is -5.19. The molecule has 0 bridgehead atoms. The lowest BCUT2D eigenvalue weighted by Gasteiger charge is -2.39. The van der Waals surface area contributed by atoms with E-state index in [1.165, 1.54) is 13.8 Å². The normalized spacial score (nSPS) is 35.6. The standard InChI is InChI=1S/C13H15F4N2O7P/c1-6(2)25-27(22)23-5-12(9(14)15)8(26-27)13(16,17)10(24-12)19-4-3-7(20)18-11(19)21/h3-4,6,8-10H,5H2,1-2H3,(H,18,20,21)/t8-,10-,12-,27?/m1/s1. The molecule has 0 spiro atoms. The van der Waals surface area contributed by atoms with Gasteiger partial charge in [0.2, 0.25) is 6.23 Å². The monoisotopic (exact) mass is 418 g/mol. The summed E-state index contributed by atoms with van der Waals surface area (Å²) in [7, 11) is -4.58. The third-order valence-electron chi connectivity index (χ3n) is 3.95. The Hall–Kier alpha value is -1.53. The molecule has 1 aromatic rings. The van der Waals surface area contributed by atoms with Gasteiger partial charge in [-0.1, -0.05) is 0 Å². The minimum Gasteiger partial charge on any atom is -0.333 e. The molecule has 0 radical (unpaired) electrons. The summed E-state index contributed by atoms with van der Waals surface area (Å²) in [5, 5.41) is 0. The van der Waals surface area contributed by atoms with Crippen molar-refractivity contribution in [1.29, 1.82) is 0 Å². The van der Waals surface area contributed by atoms with Crippen molar-refractivity contribution in [2.45, 2.75) is 50.2 Å². The molecule has 0 aliphatic carbocycles. The lowest BCUT2D eigenvalue weighted by molar-refractivity contribution is -0.209. The van der Waals surface area contributed by atoms with E-state index in [-0.39, 0.29) is 4.57 Å². The van der Waals surface area contributed by atoms with E-state index in [0.717, 1.165) is 6.07 Å². The molecule has 9 nitrogen and oxygen atoms in total. The maximum Gasteiger partial charge on any atom is 0.475 e. The molecule has 1 aromatic heterocycles. The molecule has 1 unspecified atom stereocenters. The van der Waals surface area contributed by atoms with Gasteiger partial charge in [0.05, 0.1) is 12.7 Å². The number of H-pyrrole nitrogens is 1. The minimum atomic E-state index is -4.58. The number of aromatic amines is 1. The van der Waals surface area contributed by atoms with Gasteiger partial charge >= 0.3 is 19.4 Å². The summed E-state index contributed by atoms with van der Waals surface area (Å²) in [4.78, 5) is 24.7. The van der Waals surface area contributed by atoms with Gasteiger partial charge in [0.25, 0.3) is 12.0 Å². The molecule has 0 saturated carbocycles. The van der Waals surface area contributed by atoms with Crippen LogP contribution in [0.15, 0.2) is 21.9 Å². The Labute approximate surface area is 148 Å². The number of aromatic nitrogens is 2. The molecule has 2 aliphatic heterocycles. The summed E-state index contributed by atoms with van der Waals surface area (Å²) >= 11 is 0. The molecule has 0 amide bonds. The van der Waals surface area contributed by atoms with Crippen LogP contribution in [0.4, 0.5) is 17.6 Å². The number of hydrogen-bond donors (Lipinski definition) is 1. The Bertz CT molecular complexity index is 888. The first-order chi connectivity index (χ1) is 12.4. The molecular formula is C13H15F4N2O7P. The van der Waals surface area contributed by atoms with Crippen molar-refractivity contribution in [3.63, 3.8) is 0 Å². The Morgan fingerprint density at radius 2 is 2.04 bits per heavy atom. The SMILES string of the molecule is CC(C)OP1(=O)OC[C@@]2(C(F)F)O[C@@H](n3ccc(=O)[nH]c3=O)C(F)(F)[C@@H]2O1. The number of ether oxygens (including phenoxy) is 1. The van der Waals surface area contributed by atoms with Gasteiger partial charge in [-0.25, -0.2) is 18.1 Å². The van der Waals surface area contributed by atoms with Gasteiger partial charge in [-0.05, 0) is 13.8 Å². The molecule has 2 saturated heterocycles. The average molecular weight is 418 g/mol. The smallest absolute Gasteiger partial charge is 0.333 e. The van der Waals surface area contributed by atoms with Gasteiger partial charge in [0.1, 0.15) is 0 Å². The number of rotatable bonds is 4. The number of nitrogens with one attached hydrogen (secondary N) is 1. The van der Waals surface area contributed by atoms with Crippen molar-refractivity contribution in [3.05, 3.63) is 33.1 Å². The number of hydrogen-bond acceptors (Lipinski definition) is 7. The molecule has 1 N–H and O–H groups in total. The largest absolute Gasteiger partial charge is 0.475 e. The average Bonchev–Trinajstić information content (AvgIpc) is 2.75. The molecule has 2 aliphatic rings. The Morgan fingerprint density at radius 1 is 1.37 bits per heavy atom. The van der Waals surface area contributed by atoms with Crippen LogP contribution in [0.2, 0.25) is 0 Å². The van der Waals surface area contributed by atoms with Crippen LogP contribution in [0.3, 0.4) is 0 Å². The quantitative estimate of drug-likeness (QED) is 0.585. The molecule has 0 aromatic carbocycles. The van der Waals surface area contributed by atoms with Crippen LogP contribution in [-0.2, 0) is 22.9 Å². The van der Waals surface area contributed by atoms with E-state index in [1.807, 2.05) is 0 Å². The zero-order chi connectivity index (χ0) is 20.2. The van der Waals surface area contributed by atoms with Crippen molar-refractivity contribution in [2.24, 2.45) is 0 Å². The van der Waals surface area contributed by atoms with E-state index < -0.39 is 62.1 Å². The van der Waals surface area contributed by atoms with Gasteiger partial charge in [0, 0.05) is 12.3 Å². The van der Waals surface area contributed by atoms with Crippen LogP contribution in [0.5, 0.6) is 0 Å². The lowest BCUT2D eigenvalue weighted by atomic mass is 9.96. The highest BCUT2D eigenvalue weighted by Crippen LogP contribution is 2.64. The van der Waals surface area contributed by atoms with Gasteiger partial charge in [0.15, 0.2) is 11.7 Å². The highest BCUT2D eigenvalue weighted by molar-refractivity contribution is 7.48. The maximum absolute atomic E-state index is 14.9. The summed E-state index contributed by atoms with van der Waals surface area (Å²) in [5.74, 6) is -4.24. The van der Waals surface area contributed by atoms with Crippen molar-refractivity contribution < 1.29 is 40.4 Å². The highest BCUT2D eigenvalue weighted by Gasteiger charge is 2.75. The minimum absolute atomic E-state index is 0.238. The topological polar surface area (TPSA) is 109 Å². The predicted molar refractivity (Wildman–Crippen MR) is 79.8 cm³/mol. The number of nitrogens with zero attached hydrogens (tertiary/aromatic N) is 1. The summed E-state index contributed by atoms with van der Waals surface area (Å²) in [6, 6.07) is 0.738. The number of fused-ring (bicyclic) bond motifs is 1. The molecule has 3 heterocycles. The van der Waals surface area contributed by atoms with Crippen LogP contribution < -0.4 is 11.2 Å². The van der Waals surface area contributed by atoms with Crippen LogP contribution in [-0.4, -0.2) is 46.3 Å². The van der Waals surface area contributed by atoms with Gasteiger partial charge in [-0.15, -0.1) is 0 Å². The first-order valence-corrected chi connectivity index (χ1v) is 9.14. The van der Waals surface area contributed by atoms with Crippen molar-refractivity contribution in [1.82, 2.24) is 9.55 Å². The highest BCUT2D eigenvalue weighted by atomic mass is 31.2. The summed E-state index contributed by atoms with van der Waals surface area (Å²) < 4.78 is 88.9. The van der Waals surface area contributed by atoms with Gasteiger partial charge < -0.3 is 4.74 Å². The van der Waals surface area contributed by atoms with Gasteiger partial charge in [-0.3, -0.25) is 27.9 Å². The third-order valence-corrected chi connectivity index (χ3v) is 5.54. The van der Waals surface area contributed by atoms with Crippen LogP contribution in [0.25, 0.3) is 0 Å². The summed E-state index contributed by atoms with van der Waals surface area (Å²) in [6.07, 6.45) is -8.93. The molecular weight excluding hydrogens is 403 g/mol. The molecule has 27 heavy (non-hydrogen) atoms. The third kappa shape index (κ3) is 3.27. The van der Waals surface area contributed by atoms with Crippen LogP contribution in [0.1, 0.15) is 20.1 Å². The fourth-order valence-corrected chi connectivity index (χ4v) is 4.43. The second kappa shape index (κ2) is 6.52. The summed E-state index contributed by atoms with van der Waals surface area (Å²) in [6.45, 7) is 1.60. The van der Waals surface area contributed by atoms with E-state index in [0.29, 0.717) is 6.20 Å². The zero-order valence-electron chi connectivity index (χ0n) is 13.9. The molecule has 4 atom stereocenters. The second-order valence-electron chi connectivity index (χ2n) is 6.28. The lowest BCUT2D eigenvalue weighted by Crippen LogP contribution is -2.57. The van der Waals surface area contributed by atoms with Crippen molar-refractivity contribution in [2.75, 3.05) is 6.61 Å². The van der Waals surface area contributed by atoms with Crippen molar-refractivity contribution >= 4 is 7.82 Å². The Morgan fingerprint density at radius 3 is 2.59 bits per heavy atom. The van der Waals surface area contributed by atoms with E-state index in [4.69, 9.17) is 13.8 Å². The van der Waals surface area contributed by atoms with E-state index in [9.17, 15) is 31.7 Å². The van der Waals surface area contributed by atoms with E-state index >= 15 is 0 Å². The first-order valence-electron chi connectivity index (χ1n) is 7.68. The zero-order valence-corrected chi connectivity index (χ0v) is 14.8. The molecule has 14 heteroatoms. The van der Waals surface area contributed by atoms with Gasteiger partial charge in [-0.2, -0.15) is 8.78 Å². The van der Waals surface area contributed by atoms with E-state index in [2.05, 4.69) is 4.52 Å². The van der Waals surface area contributed by atoms with E-state index in [1.54, 1.807) is 4.98 Å². The fourth-order valence-electron chi connectivity index (χ4n) is 2.81. The number of phosphoric acid groups is 1. The first kappa shape index (κ1) is 20.2. The predicted octanol–water partition coefficient (Wildman–Crippen LogP) is 1.65.